The van der Waals surface area contributed by atoms with Gasteiger partial charge < -0.3 is 0 Å². The highest BCUT2D eigenvalue weighted by atomic mass is 32.2. The molecule has 0 saturated carbocycles. The third kappa shape index (κ3) is 3.49. The van der Waals surface area contributed by atoms with E-state index in [1.807, 2.05) is 24.3 Å². The number of hydrogen-bond acceptors (Lipinski definition) is 5. The minimum Gasteiger partial charge on any atom is -0.272 e. The van der Waals surface area contributed by atoms with Gasteiger partial charge in [0.2, 0.25) is 5.91 Å². The van der Waals surface area contributed by atoms with Crippen molar-refractivity contribution in [3.8, 4) is 0 Å². The average molecular weight is 328 g/mol. The van der Waals surface area contributed by atoms with Gasteiger partial charge >= 0.3 is 0 Å². The molecule has 0 atom stereocenters. The Hall–Kier alpha value is -2.87. The zero-order valence-electron chi connectivity index (χ0n) is 11.9. The summed E-state index contributed by atoms with van der Waals surface area (Å²) in [4.78, 5) is 27.1. The maximum absolute atomic E-state index is 12.0. The molecule has 23 heavy (non-hydrogen) atoms. The van der Waals surface area contributed by atoms with Crippen LogP contribution in [0.4, 0.5) is 5.69 Å². The Morgan fingerprint density at radius 2 is 1.96 bits per heavy atom. The molecule has 0 unspecified atom stereocenters. The third-order valence-corrected chi connectivity index (χ3v) is 4.13. The topological polar surface area (TPSA) is 90.1 Å². The summed E-state index contributed by atoms with van der Waals surface area (Å²) >= 11 is 1.31. The van der Waals surface area contributed by atoms with Crippen LogP contribution in [0.15, 0.2) is 59.8 Å². The van der Waals surface area contributed by atoms with Crippen LogP contribution in [0.3, 0.4) is 0 Å². The van der Waals surface area contributed by atoms with Crippen molar-refractivity contribution < 1.29 is 9.72 Å². The largest absolute Gasteiger partial charge is 0.272 e. The Kier molecular flexibility index (Phi) is 4.24. The Morgan fingerprint density at radius 3 is 2.70 bits per heavy atom. The second kappa shape index (κ2) is 6.49. The molecule has 1 aromatic heterocycles. The maximum atomic E-state index is 12.0. The van der Waals surface area contributed by atoms with Gasteiger partial charge in [0.25, 0.3) is 5.69 Å². The molecular weight excluding hydrogens is 316 g/mol. The van der Waals surface area contributed by atoms with Crippen LogP contribution in [0.2, 0.25) is 0 Å². The summed E-state index contributed by atoms with van der Waals surface area (Å²) in [5.74, 6) is 0.0149. The molecule has 2 aromatic carbocycles. The second-order valence-electron chi connectivity index (χ2n) is 4.68. The van der Waals surface area contributed by atoms with Gasteiger partial charge in [0.05, 0.1) is 21.7 Å². The van der Waals surface area contributed by atoms with Crippen LogP contribution in [0.25, 0.3) is 11.0 Å². The lowest BCUT2D eigenvalue weighted by Gasteiger charge is -2.06. The number of non-ortho nitro benzene ring substituents is 1. The fourth-order valence-corrected chi connectivity index (χ4v) is 2.72. The molecule has 1 N–H and O–H groups in total. The van der Waals surface area contributed by atoms with Crippen molar-refractivity contribution in [1.29, 1.82) is 0 Å². The number of carbonyl (C=O) groups is 1. The Balaban J connectivity index is 1.60. The zero-order valence-corrected chi connectivity index (χ0v) is 12.7. The second-order valence-corrected chi connectivity index (χ2v) is 5.73. The molecule has 0 bridgehead atoms. The first-order valence-electron chi connectivity index (χ1n) is 6.73. The first-order valence-corrected chi connectivity index (χ1v) is 7.71. The average Bonchev–Trinajstić information content (AvgIpc) is 2.96. The van der Waals surface area contributed by atoms with E-state index in [0.717, 1.165) is 15.9 Å². The van der Waals surface area contributed by atoms with Crippen molar-refractivity contribution in [2.24, 2.45) is 0 Å². The Morgan fingerprint density at radius 1 is 1.22 bits per heavy atom. The lowest BCUT2D eigenvalue weighted by atomic mass is 10.3. The highest BCUT2D eigenvalue weighted by molar-refractivity contribution is 8.00. The minimum absolute atomic E-state index is 0.0312. The van der Waals surface area contributed by atoms with Crippen LogP contribution in [0.5, 0.6) is 0 Å². The number of hydrogen-bond donors (Lipinski definition) is 1. The molecule has 8 heteroatoms. The van der Waals surface area contributed by atoms with E-state index in [2.05, 4.69) is 10.4 Å². The van der Waals surface area contributed by atoms with Gasteiger partial charge in [-0.05, 0) is 24.3 Å². The first kappa shape index (κ1) is 15.0. The van der Waals surface area contributed by atoms with E-state index in [1.54, 1.807) is 23.1 Å². The molecule has 116 valence electrons. The number of thioether (sulfide) groups is 1. The number of carbonyl (C=O) groups excluding carboxylic acids is 1. The van der Waals surface area contributed by atoms with E-state index in [9.17, 15) is 14.9 Å². The van der Waals surface area contributed by atoms with Gasteiger partial charge in [-0.15, -0.1) is 11.8 Å². The number of fused-ring (bicyclic) bond motifs is 1. The van der Waals surface area contributed by atoms with Crippen molar-refractivity contribution in [1.82, 2.24) is 9.66 Å². The number of amides is 1. The van der Waals surface area contributed by atoms with Gasteiger partial charge in [-0.25, -0.2) is 9.66 Å². The fourth-order valence-electron chi connectivity index (χ4n) is 2.03. The summed E-state index contributed by atoms with van der Waals surface area (Å²) in [6, 6.07) is 13.6. The smallest absolute Gasteiger partial charge is 0.269 e. The van der Waals surface area contributed by atoms with E-state index >= 15 is 0 Å². The van der Waals surface area contributed by atoms with E-state index < -0.39 is 4.92 Å². The summed E-state index contributed by atoms with van der Waals surface area (Å²) in [5.41, 5.74) is 4.40. The van der Waals surface area contributed by atoms with Gasteiger partial charge in [-0.1, -0.05) is 12.1 Å². The van der Waals surface area contributed by atoms with Gasteiger partial charge in [0, 0.05) is 17.0 Å². The molecule has 0 aliphatic rings. The van der Waals surface area contributed by atoms with Crippen LogP contribution in [0, 0.1) is 10.1 Å². The zero-order chi connectivity index (χ0) is 16.2. The molecule has 0 aliphatic heterocycles. The molecule has 1 heterocycles. The SMILES string of the molecule is O=C(CSc1ccc([N+](=O)[O-])cc1)Nn1cnc2ccccc21. The van der Waals surface area contributed by atoms with E-state index in [1.165, 1.54) is 23.9 Å². The number of rotatable bonds is 5. The van der Waals surface area contributed by atoms with Crippen molar-refractivity contribution in [2.75, 3.05) is 11.2 Å². The maximum Gasteiger partial charge on any atom is 0.269 e. The van der Waals surface area contributed by atoms with Gasteiger partial charge in [0.1, 0.15) is 6.33 Å². The summed E-state index contributed by atoms with van der Waals surface area (Å²) in [6.45, 7) is 0. The molecule has 1 amide bonds. The van der Waals surface area contributed by atoms with Crippen molar-refractivity contribution in [2.45, 2.75) is 4.90 Å². The molecule has 3 aromatic rings. The molecule has 0 saturated heterocycles. The lowest BCUT2D eigenvalue weighted by Crippen LogP contribution is -2.23. The number of imidazole rings is 1. The summed E-state index contributed by atoms with van der Waals surface area (Å²) < 4.78 is 1.58. The number of benzene rings is 2. The standard InChI is InChI=1S/C15H12N4O3S/c20-15(9-23-12-7-5-11(6-8-12)19(21)22)17-18-10-16-13-3-1-2-4-14(13)18/h1-8,10H,9H2,(H,17,20). The van der Waals surface area contributed by atoms with E-state index in [4.69, 9.17) is 0 Å². The summed E-state index contributed by atoms with van der Waals surface area (Å²) in [5, 5.41) is 10.6. The molecule has 0 fully saturated rings. The molecular formula is C15H12N4O3S. The number of para-hydroxylation sites is 2. The van der Waals surface area contributed by atoms with E-state index in [-0.39, 0.29) is 17.3 Å². The fraction of sp³-hybridized carbons (Fsp3) is 0.0667. The molecule has 7 nitrogen and oxygen atoms in total. The number of nitro benzene ring substituents is 1. The first-order chi connectivity index (χ1) is 11.1. The normalized spacial score (nSPS) is 10.6. The number of nitro groups is 1. The molecule has 0 aliphatic carbocycles. The van der Waals surface area contributed by atoms with Gasteiger partial charge in [0.15, 0.2) is 0 Å². The number of nitrogens with zero attached hydrogens (tertiary/aromatic N) is 3. The highest BCUT2D eigenvalue weighted by Gasteiger charge is 2.08. The highest BCUT2D eigenvalue weighted by Crippen LogP contribution is 2.21. The predicted octanol–water partition coefficient (Wildman–Crippen LogP) is 2.81. The van der Waals surface area contributed by atoms with Crippen molar-refractivity contribution >= 4 is 34.4 Å². The quantitative estimate of drug-likeness (QED) is 0.442. The third-order valence-electron chi connectivity index (χ3n) is 3.12. The van der Waals surface area contributed by atoms with Crippen LogP contribution in [0.1, 0.15) is 0 Å². The van der Waals surface area contributed by atoms with Gasteiger partial charge in [-0.3, -0.25) is 20.3 Å². The lowest BCUT2D eigenvalue weighted by molar-refractivity contribution is -0.384. The summed E-state index contributed by atoms with van der Waals surface area (Å²) in [6.07, 6.45) is 1.55. The van der Waals surface area contributed by atoms with Crippen molar-refractivity contribution in [3.63, 3.8) is 0 Å². The molecule has 3 rings (SSSR count). The van der Waals surface area contributed by atoms with Crippen molar-refractivity contribution in [3.05, 3.63) is 65.0 Å². The van der Waals surface area contributed by atoms with Crippen LogP contribution in [-0.4, -0.2) is 26.2 Å². The van der Waals surface area contributed by atoms with E-state index in [0.29, 0.717) is 0 Å². The minimum atomic E-state index is -0.453. The van der Waals surface area contributed by atoms with Crippen LogP contribution < -0.4 is 5.43 Å². The number of nitrogens with one attached hydrogen (secondary N) is 1. The van der Waals surface area contributed by atoms with Gasteiger partial charge in [-0.2, -0.15) is 0 Å². The molecule has 0 spiro atoms. The number of aromatic nitrogens is 2. The monoisotopic (exact) mass is 328 g/mol. The Labute approximate surface area is 135 Å². The predicted molar refractivity (Wildman–Crippen MR) is 87.9 cm³/mol. The Bertz CT molecular complexity index is 861. The van der Waals surface area contributed by atoms with Crippen LogP contribution >= 0.6 is 11.8 Å². The molecule has 0 radical (unpaired) electrons. The summed E-state index contributed by atoms with van der Waals surface area (Å²) in [7, 11) is 0. The van der Waals surface area contributed by atoms with Crippen LogP contribution in [-0.2, 0) is 4.79 Å².